The Labute approximate surface area is 156 Å². The molecular weight excluding hydrogens is 379 g/mol. The van der Waals surface area contributed by atoms with Crippen LogP contribution in [0.3, 0.4) is 0 Å². The molecule has 0 saturated carbocycles. The Hall–Kier alpha value is -1.51. The summed E-state index contributed by atoms with van der Waals surface area (Å²) >= 11 is 0.367. The van der Waals surface area contributed by atoms with E-state index in [1.165, 1.54) is 23.7 Å². The first-order valence-electron chi connectivity index (χ1n) is 9.16. The van der Waals surface area contributed by atoms with Gasteiger partial charge in [0.15, 0.2) is 0 Å². The average Bonchev–Trinajstić information content (AvgIpc) is 3.05. The number of benzene rings is 1. The van der Waals surface area contributed by atoms with Crippen molar-refractivity contribution in [1.82, 2.24) is 0 Å². The topological polar surface area (TPSA) is 35.5 Å². The van der Waals surface area contributed by atoms with Crippen molar-refractivity contribution in [2.75, 3.05) is 6.61 Å². The van der Waals surface area contributed by atoms with E-state index in [4.69, 9.17) is 9.47 Å². The van der Waals surface area contributed by atoms with E-state index in [9.17, 15) is 4.79 Å². The Morgan fingerprint density at radius 1 is 1.32 bits per heavy atom. The van der Waals surface area contributed by atoms with Gasteiger partial charge in [-0.15, -0.1) is 0 Å². The molecule has 0 saturated heterocycles. The van der Waals surface area contributed by atoms with Crippen LogP contribution in [0.2, 0.25) is 5.32 Å². The van der Waals surface area contributed by atoms with Gasteiger partial charge in [-0.1, -0.05) is 0 Å². The summed E-state index contributed by atoms with van der Waals surface area (Å²) in [4.78, 5) is 12.3. The molecule has 2 unspecified atom stereocenters. The summed E-state index contributed by atoms with van der Waals surface area (Å²) in [7, 11) is 0. The first kappa shape index (κ1) is 18.3. The van der Waals surface area contributed by atoms with Crippen molar-refractivity contribution < 1.29 is 14.3 Å². The van der Waals surface area contributed by atoms with Crippen molar-refractivity contribution in [3.8, 4) is 0 Å². The summed E-state index contributed by atoms with van der Waals surface area (Å²) in [6, 6.07) is 10.5. The molecule has 25 heavy (non-hydrogen) atoms. The number of ether oxygens (including phenoxy) is 2. The molecule has 0 bridgehead atoms. The maximum absolute atomic E-state index is 12.3. The Kier molecular flexibility index (Phi) is 6.77. The summed E-state index contributed by atoms with van der Waals surface area (Å²) in [5.74, 6) is 1.18. The SMILES string of the molecule is CCOC(=O)C1=C(CC2C=CCCC2)OC(C[Se]c2ccccc2)C1. The zero-order valence-corrected chi connectivity index (χ0v) is 16.5. The second kappa shape index (κ2) is 9.26. The van der Waals surface area contributed by atoms with Crippen LogP contribution in [0.5, 0.6) is 0 Å². The van der Waals surface area contributed by atoms with Gasteiger partial charge in [0.1, 0.15) is 0 Å². The number of hydrogen-bond donors (Lipinski definition) is 0. The number of carbonyl (C=O) groups is 1. The number of rotatable bonds is 7. The third kappa shape index (κ3) is 5.23. The van der Waals surface area contributed by atoms with Crippen LogP contribution in [0.15, 0.2) is 53.8 Å². The van der Waals surface area contributed by atoms with Gasteiger partial charge in [-0.25, -0.2) is 0 Å². The fraction of sp³-hybridized carbons (Fsp3) is 0.476. The molecular formula is C21H26O3Se. The van der Waals surface area contributed by atoms with Crippen LogP contribution in [0, 0.1) is 5.92 Å². The summed E-state index contributed by atoms with van der Waals surface area (Å²) < 4.78 is 12.9. The van der Waals surface area contributed by atoms with Crippen LogP contribution >= 0.6 is 0 Å². The molecule has 1 aliphatic carbocycles. The molecule has 134 valence electrons. The van der Waals surface area contributed by atoms with Gasteiger partial charge in [0.05, 0.1) is 0 Å². The molecule has 3 rings (SSSR count). The van der Waals surface area contributed by atoms with Crippen LogP contribution in [0.25, 0.3) is 0 Å². The molecule has 1 aromatic carbocycles. The van der Waals surface area contributed by atoms with Crippen molar-refractivity contribution in [2.24, 2.45) is 5.92 Å². The van der Waals surface area contributed by atoms with Gasteiger partial charge < -0.3 is 0 Å². The van der Waals surface area contributed by atoms with Gasteiger partial charge in [0, 0.05) is 0 Å². The van der Waals surface area contributed by atoms with E-state index < -0.39 is 0 Å². The minimum absolute atomic E-state index is 0.113. The minimum atomic E-state index is -0.188. The standard InChI is InChI=1S/C21H26O3Se/c1-2-23-21(22)19-14-17(15-25-18-11-7-4-8-12-18)24-20(19)13-16-9-5-3-6-10-16/h4-5,7-9,11-12,16-17H,2-3,6,10,13-15H2,1H3. The molecule has 0 amide bonds. The molecule has 0 spiro atoms. The number of hydrogen-bond acceptors (Lipinski definition) is 3. The number of carbonyl (C=O) groups excluding carboxylic acids is 1. The molecule has 1 aromatic rings. The van der Waals surface area contributed by atoms with Gasteiger partial charge in [-0.3, -0.25) is 0 Å². The van der Waals surface area contributed by atoms with Gasteiger partial charge in [0.2, 0.25) is 0 Å². The molecule has 1 heterocycles. The van der Waals surface area contributed by atoms with E-state index in [2.05, 4.69) is 36.4 Å². The van der Waals surface area contributed by atoms with Crippen LogP contribution in [0.1, 0.15) is 39.0 Å². The van der Waals surface area contributed by atoms with Crippen molar-refractivity contribution in [3.05, 3.63) is 53.8 Å². The average molecular weight is 405 g/mol. The van der Waals surface area contributed by atoms with Crippen molar-refractivity contribution in [1.29, 1.82) is 0 Å². The quantitative estimate of drug-likeness (QED) is 0.393. The maximum atomic E-state index is 12.3. The third-order valence-electron chi connectivity index (χ3n) is 4.58. The fourth-order valence-corrected chi connectivity index (χ4v) is 5.25. The summed E-state index contributed by atoms with van der Waals surface area (Å²) in [5.41, 5.74) is 0.773. The monoisotopic (exact) mass is 406 g/mol. The Morgan fingerprint density at radius 2 is 2.16 bits per heavy atom. The van der Waals surface area contributed by atoms with E-state index in [1.54, 1.807) is 0 Å². The zero-order valence-electron chi connectivity index (χ0n) is 14.8. The molecule has 0 N–H and O–H groups in total. The van der Waals surface area contributed by atoms with Crippen LogP contribution in [-0.2, 0) is 14.3 Å². The summed E-state index contributed by atoms with van der Waals surface area (Å²) in [5, 5.41) is 0.990. The molecule has 0 fully saturated rings. The predicted octanol–water partition coefficient (Wildman–Crippen LogP) is 3.79. The molecule has 2 aliphatic rings. The van der Waals surface area contributed by atoms with Crippen LogP contribution in [-0.4, -0.2) is 33.6 Å². The van der Waals surface area contributed by atoms with E-state index in [1.807, 2.05) is 13.0 Å². The van der Waals surface area contributed by atoms with E-state index in [0.29, 0.717) is 33.9 Å². The first-order valence-corrected chi connectivity index (χ1v) is 11.2. The number of allylic oxidation sites excluding steroid dienone is 3. The number of esters is 1. The van der Waals surface area contributed by atoms with Crippen molar-refractivity contribution in [2.45, 2.75) is 50.5 Å². The van der Waals surface area contributed by atoms with Crippen molar-refractivity contribution >= 4 is 25.4 Å². The molecule has 0 aromatic heterocycles. The van der Waals surface area contributed by atoms with Crippen LogP contribution in [0.4, 0.5) is 0 Å². The molecule has 2 atom stereocenters. The van der Waals surface area contributed by atoms with Gasteiger partial charge >= 0.3 is 156 Å². The van der Waals surface area contributed by atoms with E-state index >= 15 is 0 Å². The second-order valence-electron chi connectivity index (χ2n) is 6.51. The fourth-order valence-electron chi connectivity index (χ4n) is 3.33. The molecule has 1 aliphatic heterocycles. The van der Waals surface area contributed by atoms with Gasteiger partial charge in [0.25, 0.3) is 0 Å². The Bertz CT molecular complexity index is 636. The van der Waals surface area contributed by atoms with Crippen LogP contribution < -0.4 is 4.46 Å². The summed E-state index contributed by atoms with van der Waals surface area (Å²) in [6.07, 6.45) is 9.75. The van der Waals surface area contributed by atoms with Gasteiger partial charge in [-0.2, -0.15) is 0 Å². The normalized spacial score (nSPS) is 22.8. The third-order valence-corrected chi connectivity index (χ3v) is 6.98. The summed E-state index contributed by atoms with van der Waals surface area (Å²) in [6.45, 7) is 2.27. The van der Waals surface area contributed by atoms with Gasteiger partial charge in [-0.05, 0) is 0 Å². The first-order chi connectivity index (χ1) is 12.3. The molecule has 4 heteroatoms. The van der Waals surface area contributed by atoms with E-state index in [-0.39, 0.29) is 12.1 Å². The Morgan fingerprint density at radius 3 is 2.88 bits per heavy atom. The van der Waals surface area contributed by atoms with E-state index in [0.717, 1.165) is 23.1 Å². The van der Waals surface area contributed by atoms with Crippen molar-refractivity contribution in [3.63, 3.8) is 0 Å². The Balaban J connectivity index is 1.63. The molecule has 0 radical (unpaired) electrons. The predicted molar refractivity (Wildman–Crippen MR) is 101 cm³/mol. The molecule has 3 nitrogen and oxygen atoms in total. The zero-order chi connectivity index (χ0) is 17.5. The second-order valence-corrected chi connectivity index (χ2v) is 8.81.